The minimum absolute atomic E-state index is 0.199. The minimum Gasteiger partial charge on any atom is -0.320 e. The molecule has 0 N–H and O–H groups in total. The zero-order valence-electron chi connectivity index (χ0n) is 14.4. The second-order valence-corrected chi connectivity index (χ2v) is 8.28. The van der Waals surface area contributed by atoms with E-state index < -0.39 is 12.9 Å². The van der Waals surface area contributed by atoms with E-state index in [0.717, 1.165) is 22.3 Å². The number of carbonyl (C=O) groups is 1. The van der Waals surface area contributed by atoms with Gasteiger partial charge in [0.05, 0.1) is 6.61 Å². The fraction of sp³-hybridized carbons (Fsp3) is 0.316. The number of aryl methyl sites for hydroxylation is 2. The largest absolute Gasteiger partial charge is 0.320 e. The van der Waals surface area contributed by atoms with Crippen LogP contribution in [-0.4, -0.2) is 12.1 Å². The second-order valence-electron chi connectivity index (χ2n) is 5.73. The van der Waals surface area contributed by atoms with Gasteiger partial charge in [-0.05, 0) is 62.1 Å². The van der Waals surface area contributed by atoms with Gasteiger partial charge in [0, 0.05) is 16.7 Å². The van der Waals surface area contributed by atoms with Crippen molar-refractivity contribution >= 4 is 29.8 Å². The third-order valence-corrected chi connectivity index (χ3v) is 6.78. The summed E-state index contributed by atoms with van der Waals surface area (Å²) in [6.07, 6.45) is 0. The molecule has 0 amide bonds. The summed E-state index contributed by atoms with van der Waals surface area (Å²) in [5.41, 5.74) is 3.50. The Morgan fingerprint density at radius 2 is 1.75 bits per heavy atom. The van der Waals surface area contributed by atoms with Crippen molar-refractivity contribution in [2.45, 2.75) is 33.6 Å². The average Bonchev–Trinajstić information content (AvgIpc) is 2.55. The SMILES string of the molecule is CCOP(=O)(C(=O)c1c(C)cc(C)c(CCl)c1C)c1ccccc1. The summed E-state index contributed by atoms with van der Waals surface area (Å²) in [4.78, 5) is 13.2. The number of halogens is 1. The summed E-state index contributed by atoms with van der Waals surface area (Å²) in [5.74, 6) is 0.308. The molecule has 5 heteroatoms. The Morgan fingerprint density at radius 3 is 2.29 bits per heavy atom. The topological polar surface area (TPSA) is 43.4 Å². The Bertz CT molecular complexity index is 800. The van der Waals surface area contributed by atoms with Gasteiger partial charge in [-0.15, -0.1) is 11.6 Å². The molecule has 2 aromatic rings. The summed E-state index contributed by atoms with van der Waals surface area (Å²) >= 11 is 6.05. The van der Waals surface area contributed by atoms with Gasteiger partial charge in [0.15, 0.2) is 0 Å². The van der Waals surface area contributed by atoms with E-state index >= 15 is 0 Å². The lowest BCUT2D eigenvalue weighted by Gasteiger charge is -2.21. The van der Waals surface area contributed by atoms with E-state index in [-0.39, 0.29) is 6.61 Å². The van der Waals surface area contributed by atoms with Crippen molar-refractivity contribution in [1.29, 1.82) is 0 Å². The van der Waals surface area contributed by atoms with Gasteiger partial charge in [0.1, 0.15) is 0 Å². The maximum Gasteiger partial charge on any atom is 0.300 e. The molecule has 0 aliphatic rings. The van der Waals surface area contributed by atoms with E-state index in [1.807, 2.05) is 32.9 Å². The molecule has 2 aromatic carbocycles. The van der Waals surface area contributed by atoms with Crippen molar-refractivity contribution in [3.8, 4) is 0 Å². The Kier molecular flexibility index (Phi) is 6.03. The van der Waals surface area contributed by atoms with Crippen LogP contribution in [0.3, 0.4) is 0 Å². The van der Waals surface area contributed by atoms with Crippen molar-refractivity contribution in [2.24, 2.45) is 0 Å². The van der Waals surface area contributed by atoms with Crippen LogP contribution in [0.15, 0.2) is 36.4 Å². The number of alkyl halides is 1. The van der Waals surface area contributed by atoms with Gasteiger partial charge >= 0.3 is 7.37 Å². The van der Waals surface area contributed by atoms with Crippen LogP contribution in [-0.2, 0) is 15.0 Å². The van der Waals surface area contributed by atoms with Crippen molar-refractivity contribution in [3.63, 3.8) is 0 Å². The van der Waals surface area contributed by atoms with E-state index in [2.05, 4.69) is 0 Å². The summed E-state index contributed by atoms with van der Waals surface area (Å²) < 4.78 is 19.0. The van der Waals surface area contributed by atoms with E-state index in [4.69, 9.17) is 16.1 Å². The summed E-state index contributed by atoms with van der Waals surface area (Å²) in [6.45, 7) is 7.61. The molecule has 0 saturated carbocycles. The Morgan fingerprint density at radius 1 is 1.12 bits per heavy atom. The second kappa shape index (κ2) is 7.65. The van der Waals surface area contributed by atoms with Gasteiger partial charge < -0.3 is 4.52 Å². The van der Waals surface area contributed by atoms with Crippen LogP contribution in [0.25, 0.3) is 0 Å². The first-order chi connectivity index (χ1) is 11.4. The van der Waals surface area contributed by atoms with Crippen molar-refractivity contribution in [1.82, 2.24) is 0 Å². The normalized spacial score (nSPS) is 13.5. The molecular formula is C19H22ClO3P. The molecule has 0 aliphatic carbocycles. The lowest BCUT2D eigenvalue weighted by molar-refractivity contribution is 0.105. The molecule has 0 aliphatic heterocycles. The molecule has 0 spiro atoms. The first-order valence-electron chi connectivity index (χ1n) is 7.87. The van der Waals surface area contributed by atoms with Crippen LogP contribution in [0.2, 0.25) is 0 Å². The number of rotatable bonds is 6. The van der Waals surface area contributed by atoms with E-state index in [1.54, 1.807) is 31.2 Å². The fourth-order valence-electron chi connectivity index (χ4n) is 2.96. The number of carbonyl (C=O) groups excluding carboxylic acids is 1. The van der Waals surface area contributed by atoms with E-state index in [1.165, 1.54) is 0 Å². The van der Waals surface area contributed by atoms with Gasteiger partial charge in [0.25, 0.3) is 5.52 Å². The Hall–Kier alpha value is -1.41. The Labute approximate surface area is 148 Å². The highest BCUT2D eigenvalue weighted by Gasteiger charge is 2.37. The summed E-state index contributed by atoms with van der Waals surface area (Å²) in [5, 5.41) is 0.420. The Balaban J connectivity index is 2.67. The molecule has 128 valence electrons. The monoisotopic (exact) mass is 364 g/mol. The van der Waals surface area contributed by atoms with Crippen LogP contribution >= 0.6 is 19.0 Å². The predicted molar refractivity (Wildman–Crippen MR) is 99.8 cm³/mol. The molecular weight excluding hydrogens is 343 g/mol. The molecule has 0 saturated heterocycles. The van der Waals surface area contributed by atoms with Crippen LogP contribution < -0.4 is 5.30 Å². The number of hydrogen-bond donors (Lipinski definition) is 0. The average molecular weight is 365 g/mol. The smallest absolute Gasteiger partial charge is 0.300 e. The third kappa shape index (κ3) is 3.35. The zero-order chi connectivity index (χ0) is 17.9. The number of hydrogen-bond acceptors (Lipinski definition) is 3. The van der Waals surface area contributed by atoms with Gasteiger partial charge in [0.2, 0.25) is 0 Å². The van der Waals surface area contributed by atoms with E-state index in [9.17, 15) is 9.36 Å². The zero-order valence-corrected chi connectivity index (χ0v) is 16.1. The molecule has 0 aromatic heterocycles. The minimum atomic E-state index is -3.67. The highest BCUT2D eigenvalue weighted by molar-refractivity contribution is 7.83. The first-order valence-corrected chi connectivity index (χ1v) is 10.0. The molecule has 0 bridgehead atoms. The molecule has 2 rings (SSSR count). The lowest BCUT2D eigenvalue weighted by atomic mass is 9.95. The van der Waals surface area contributed by atoms with Crippen LogP contribution in [0, 0.1) is 20.8 Å². The summed E-state index contributed by atoms with van der Waals surface area (Å²) in [7, 11) is -3.67. The van der Waals surface area contributed by atoms with Gasteiger partial charge in [-0.2, -0.15) is 0 Å². The van der Waals surface area contributed by atoms with Crippen molar-refractivity contribution in [3.05, 3.63) is 64.2 Å². The van der Waals surface area contributed by atoms with Crippen LogP contribution in [0.1, 0.15) is 39.5 Å². The van der Waals surface area contributed by atoms with Crippen molar-refractivity contribution in [2.75, 3.05) is 6.61 Å². The molecule has 3 nitrogen and oxygen atoms in total. The maximum atomic E-state index is 13.5. The molecule has 1 atom stereocenters. The maximum absolute atomic E-state index is 13.5. The molecule has 0 heterocycles. The highest BCUT2D eigenvalue weighted by atomic mass is 35.5. The molecule has 0 radical (unpaired) electrons. The number of benzene rings is 2. The van der Waals surface area contributed by atoms with Gasteiger partial charge in [-0.3, -0.25) is 9.36 Å². The molecule has 24 heavy (non-hydrogen) atoms. The molecule has 0 fully saturated rings. The van der Waals surface area contributed by atoms with E-state index in [0.29, 0.717) is 16.7 Å². The lowest BCUT2D eigenvalue weighted by Crippen LogP contribution is -2.18. The summed E-state index contributed by atoms with van der Waals surface area (Å²) in [6, 6.07) is 10.6. The fourth-order valence-corrected chi connectivity index (χ4v) is 5.44. The van der Waals surface area contributed by atoms with Gasteiger partial charge in [-0.1, -0.05) is 24.3 Å². The third-order valence-electron chi connectivity index (χ3n) is 4.15. The van der Waals surface area contributed by atoms with Crippen molar-refractivity contribution < 1.29 is 13.9 Å². The van der Waals surface area contributed by atoms with Crippen LogP contribution in [0.4, 0.5) is 0 Å². The van der Waals surface area contributed by atoms with Gasteiger partial charge in [-0.25, -0.2) is 0 Å². The first kappa shape index (κ1) is 18.9. The van der Waals surface area contributed by atoms with Crippen LogP contribution in [0.5, 0.6) is 0 Å². The predicted octanol–water partition coefficient (Wildman–Crippen LogP) is 5.13. The highest BCUT2D eigenvalue weighted by Crippen LogP contribution is 2.50. The quantitative estimate of drug-likeness (QED) is 0.527. The molecule has 1 unspecified atom stereocenters. The standard InChI is InChI=1S/C19H22ClO3P/c1-5-23-24(22,16-9-7-6-8-10-16)19(21)18-14(3)11-13(2)17(12-20)15(18)4/h6-11H,5,12H2,1-4H3.